The number of rotatable bonds is 8. The molecule has 4 rings (SSSR count). The van der Waals surface area contributed by atoms with Crippen molar-refractivity contribution in [1.29, 1.82) is 0 Å². The second-order valence-electron chi connectivity index (χ2n) is 11.7. The van der Waals surface area contributed by atoms with E-state index in [1.54, 1.807) is 0 Å². The first kappa shape index (κ1) is 31.9. The number of nitrogens with one attached hydrogen (secondary N) is 1. The minimum Gasteiger partial charge on any atom is -0.342 e. The Labute approximate surface area is 236 Å². The summed E-state index contributed by atoms with van der Waals surface area (Å²) in [4.78, 5) is 31.4. The summed E-state index contributed by atoms with van der Waals surface area (Å²) in [6.45, 7) is 13.9. The van der Waals surface area contributed by atoms with E-state index in [-0.39, 0.29) is 42.7 Å². The molecule has 3 fully saturated rings. The molecule has 0 unspecified atom stereocenters. The fourth-order valence-electron chi connectivity index (χ4n) is 6.56. The van der Waals surface area contributed by atoms with Crippen LogP contribution < -0.4 is 5.32 Å². The van der Waals surface area contributed by atoms with Crippen molar-refractivity contribution in [3.05, 3.63) is 17.0 Å². The zero-order valence-electron chi connectivity index (χ0n) is 23.6. The lowest BCUT2D eigenvalue weighted by atomic mass is 9.80. The van der Waals surface area contributed by atoms with Crippen molar-refractivity contribution < 1.29 is 9.59 Å². The van der Waals surface area contributed by atoms with E-state index < -0.39 is 5.54 Å². The van der Waals surface area contributed by atoms with Gasteiger partial charge < -0.3 is 10.2 Å². The first-order valence-corrected chi connectivity index (χ1v) is 14.2. The summed E-state index contributed by atoms with van der Waals surface area (Å²) in [7, 11) is 0. The van der Waals surface area contributed by atoms with Crippen LogP contribution in [0.4, 0.5) is 0 Å². The Morgan fingerprint density at radius 2 is 1.70 bits per heavy atom. The van der Waals surface area contributed by atoms with Crippen molar-refractivity contribution >= 4 is 36.6 Å². The Bertz CT molecular complexity index is 905. The number of halogens is 2. The second kappa shape index (κ2) is 13.7. The average molecular weight is 559 g/mol. The number of aryl methyl sites for hydroxylation is 1. The predicted molar refractivity (Wildman–Crippen MR) is 154 cm³/mol. The Balaban J connectivity index is 0.00000241. The molecule has 1 spiro atoms. The Morgan fingerprint density at radius 1 is 1.05 bits per heavy atom. The number of unbranched alkanes of at least 4 members (excludes halogenated alkanes) is 1. The SMILES string of the molecule is CCCCN1C(=O)[C@H](CC(C)C)NC(=O)C12CCN(Cc1c(C)nn(C3CCCCC3)c1C)CC2.Cl.Cl. The van der Waals surface area contributed by atoms with E-state index in [2.05, 4.69) is 49.5 Å². The molecule has 0 bridgehead atoms. The maximum atomic E-state index is 13.5. The molecule has 2 amide bonds. The van der Waals surface area contributed by atoms with Crippen LogP contribution in [-0.2, 0) is 16.1 Å². The Kier molecular flexibility index (Phi) is 11.8. The molecule has 1 N–H and O–H groups in total. The van der Waals surface area contributed by atoms with E-state index >= 15 is 0 Å². The lowest BCUT2D eigenvalue weighted by Crippen LogP contribution is -2.73. The molecule has 0 radical (unpaired) electrons. The summed E-state index contributed by atoms with van der Waals surface area (Å²) in [5, 5.41) is 8.08. The van der Waals surface area contributed by atoms with E-state index in [9.17, 15) is 9.59 Å². The highest BCUT2D eigenvalue weighted by molar-refractivity contribution is 6.00. The Morgan fingerprint density at radius 3 is 2.30 bits per heavy atom. The van der Waals surface area contributed by atoms with Crippen LogP contribution in [0, 0.1) is 19.8 Å². The van der Waals surface area contributed by atoms with Gasteiger partial charge in [-0.1, -0.05) is 46.5 Å². The van der Waals surface area contributed by atoms with Crippen LogP contribution >= 0.6 is 24.8 Å². The maximum absolute atomic E-state index is 13.5. The summed E-state index contributed by atoms with van der Waals surface area (Å²) in [6, 6.07) is 0.169. The molecule has 1 aromatic rings. The Hall–Kier alpha value is -1.31. The predicted octanol–water partition coefficient (Wildman–Crippen LogP) is 5.36. The fourth-order valence-corrected chi connectivity index (χ4v) is 6.56. The summed E-state index contributed by atoms with van der Waals surface area (Å²) < 4.78 is 2.30. The molecule has 212 valence electrons. The number of aromatic nitrogens is 2. The third kappa shape index (κ3) is 6.65. The van der Waals surface area contributed by atoms with Crippen LogP contribution in [0.3, 0.4) is 0 Å². The first-order chi connectivity index (χ1) is 16.8. The van der Waals surface area contributed by atoms with Crippen molar-refractivity contribution in [2.24, 2.45) is 5.92 Å². The van der Waals surface area contributed by atoms with Crippen LogP contribution in [-0.4, -0.2) is 62.6 Å². The summed E-state index contributed by atoms with van der Waals surface area (Å²) in [5.41, 5.74) is 3.10. The van der Waals surface area contributed by atoms with E-state index in [0.717, 1.165) is 38.2 Å². The van der Waals surface area contributed by atoms with Crippen LogP contribution in [0.2, 0.25) is 0 Å². The van der Waals surface area contributed by atoms with Gasteiger partial charge in [0.05, 0.1) is 11.7 Å². The zero-order valence-corrected chi connectivity index (χ0v) is 25.2. The van der Waals surface area contributed by atoms with Gasteiger partial charge in [-0.05, 0) is 58.3 Å². The lowest BCUT2D eigenvalue weighted by Gasteiger charge is -2.52. The highest BCUT2D eigenvalue weighted by Crippen LogP contribution is 2.36. The van der Waals surface area contributed by atoms with Crippen molar-refractivity contribution in [1.82, 2.24) is 24.9 Å². The number of carbonyl (C=O) groups excluding carboxylic acids is 2. The molecular formula is C28H49Cl2N5O2. The van der Waals surface area contributed by atoms with Crippen LogP contribution in [0.5, 0.6) is 0 Å². The van der Waals surface area contributed by atoms with Gasteiger partial charge in [-0.15, -0.1) is 24.8 Å². The quantitative estimate of drug-likeness (QED) is 0.467. The molecule has 3 heterocycles. The first-order valence-electron chi connectivity index (χ1n) is 14.2. The van der Waals surface area contributed by atoms with Crippen molar-refractivity contribution in [3.63, 3.8) is 0 Å². The number of piperazine rings is 1. The third-order valence-corrected chi connectivity index (χ3v) is 8.71. The van der Waals surface area contributed by atoms with Gasteiger partial charge in [0.1, 0.15) is 11.6 Å². The molecule has 7 nitrogen and oxygen atoms in total. The highest BCUT2D eigenvalue weighted by atomic mass is 35.5. The number of hydrogen-bond donors (Lipinski definition) is 1. The van der Waals surface area contributed by atoms with Gasteiger partial charge in [0.15, 0.2) is 0 Å². The maximum Gasteiger partial charge on any atom is 0.246 e. The lowest BCUT2D eigenvalue weighted by molar-refractivity contribution is -0.161. The van der Waals surface area contributed by atoms with Crippen LogP contribution in [0.1, 0.15) is 108 Å². The minimum absolute atomic E-state index is 0. The molecule has 37 heavy (non-hydrogen) atoms. The van der Waals surface area contributed by atoms with E-state index in [0.29, 0.717) is 37.8 Å². The standard InChI is InChI=1S/C28H47N5O2.2ClH/c1-6-7-15-32-26(34)25(18-20(2)3)29-27(35)28(32)13-16-31(17-14-28)19-24-21(4)30-33(22(24)5)23-11-9-8-10-12-23;;/h20,23,25H,6-19H2,1-5H3,(H,29,35);2*1H/t25-;;/m0../s1. The highest BCUT2D eigenvalue weighted by Gasteiger charge is 2.53. The molecule has 1 saturated carbocycles. The normalized spacial score (nSPS) is 22.6. The second-order valence-corrected chi connectivity index (χ2v) is 11.7. The monoisotopic (exact) mass is 557 g/mol. The molecule has 2 aliphatic heterocycles. The molecule has 9 heteroatoms. The summed E-state index contributed by atoms with van der Waals surface area (Å²) >= 11 is 0. The number of carbonyl (C=O) groups is 2. The number of piperidine rings is 1. The zero-order chi connectivity index (χ0) is 25.2. The van der Waals surface area contributed by atoms with Gasteiger partial charge in [-0.25, -0.2) is 0 Å². The summed E-state index contributed by atoms with van der Waals surface area (Å²) in [5.74, 6) is 0.561. The molecular weight excluding hydrogens is 509 g/mol. The van der Waals surface area contributed by atoms with Crippen LogP contribution in [0.15, 0.2) is 0 Å². The topological polar surface area (TPSA) is 70.5 Å². The third-order valence-electron chi connectivity index (χ3n) is 8.71. The average Bonchev–Trinajstić information content (AvgIpc) is 3.12. The number of likely N-dealkylation sites (tertiary alicyclic amines) is 1. The molecule has 1 atom stereocenters. The van der Waals surface area contributed by atoms with E-state index in [4.69, 9.17) is 5.10 Å². The van der Waals surface area contributed by atoms with Gasteiger partial charge in [0.2, 0.25) is 11.8 Å². The molecule has 1 aromatic heterocycles. The number of nitrogens with zero attached hydrogens (tertiary/aromatic N) is 4. The van der Waals surface area contributed by atoms with E-state index in [1.165, 1.54) is 43.4 Å². The summed E-state index contributed by atoms with van der Waals surface area (Å²) in [6.07, 6.45) is 10.5. The van der Waals surface area contributed by atoms with Gasteiger partial charge >= 0.3 is 0 Å². The van der Waals surface area contributed by atoms with Gasteiger partial charge in [-0.2, -0.15) is 5.10 Å². The van der Waals surface area contributed by atoms with E-state index in [1.807, 2.05) is 4.90 Å². The van der Waals surface area contributed by atoms with Gasteiger partial charge in [0.25, 0.3) is 0 Å². The van der Waals surface area contributed by atoms with Crippen molar-refractivity contribution in [3.8, 4) is 0 Å². The van der Waals surface area contributed by atoms with Gasteiger partial charge in [0, 0.05) is 37.4 Å². The minimum atomic E-state index is -0.688. The molecule has 3 aliphatic rings. The molecule has 1 aliphatic carbocycles. The van der Waals surface area contributed by atoms with Crippen molar-refractivity contribution in [2.75, 3.05) is 19.6 Å². The molecule has 0 aromatic carbocycles. The fraction of sp³-hybridized carbons (Fsp3) is 0.821. The van der Waals surface area contributed by atoms with Crippen molar-refractivity contribution in [2.45, 2.75) is 123 Å². The largest absolute Gasteiger partial charge is 0.342 e. The number of hydrogen-bond acceptors (Lipinski definition) is 4. The van der Waals surface area contributed by atoms with Gasteiger partial charge in [-0.3, -0.25) is 19.2 Å². The van der Waals surface area contributed by atoms with Crippen LogP contribution in [0.25, 0.3) is 0 Å². The number of amides is 2. The molecule has 2 saturated heterocycles. The smallest absolute Gasteiger partial charge is 0.246 e.